The normalized spacial score (nSPS) is 11.0. The maximum Gasteiger partial charge on any atom is 0.266 e. The van der Waals surface area contributed by atoms with Gasteiger partial charge in [0.25, 0.3) is 5.91 Å². The summed E-state index contributed by atoms with van der Waals surface area (Å²) in [6.45, 7) is 3.90. The smallest absolute Gasteiger partial charge is 0.266 e. The van der Waals surface area contributed by atoms with Crippen LogP contribution in [0.15, 0.2) is 35.9 Å². The number of hydrogen-bond acceptors (Lipinski definition) is 3. The molecule has 1 aromatic heterocycles. The topological polar surface area (TPSA) is 52.9 Å². The van der Waals surface area contributed by atoms with E-state index in [9.17, 15) is 4.79 Å². The van der Waals surface area contributed by atoms with E-state index in [1.807, 2.05) is 38.1 Å². The first-order chi connectivity index (χ1) is 10.0. The van der Waals surface area contributed by atoms with Gasteiger partial charge in [-0.25, -0.2) is 0 Å². The zero-order valence-electron chi connectivity index (χ0n) is 11.6. The standard InChI is InChI=1S/C16H13ClN2OS/c1-10-4-3-5-14(11(10)2)19-16(20)12(9-18)8-13-6-7-15(17)21-13/h3-8H,1-2H3,(H,19,20)/b12-8-. The van der Waals surface area contributed by atoms with Gasteiger partial charge in [0.15, 0.2) is 0 Å². The van der Waals surface area contributed by atoms with Crippen molar-refractivity contribution in [2.45, 2.75) is 13.8 Å². The summed E-state index contributed by atoms with van der Waals surface area (Å²) < 4.78 is 0.619. The molecule has 0 aliphatic carbocycles. The van der Waals surface area contributed by atoms with Crippen molar-refractivity contribution >= 4 is 40.6 Å². The molecule has 0 radical (unpaired) electrons. The number of nitrogens with one attached hydrogen (secondary N) is 1. The molecule has 2 rings (SSSR count). The zero-order chi connectivity index (χ0) is 15.4. The number of rotatable bonds is 3. The molecule has 0 aliphatic rings. The van der Waals surface area contributed by atoms with Crippen LogP contribution in [0.4, 0.5) is 5.69 Å². The van der Waals surface area contributed by atoms with E-state index in [0.717, 1.165) is 16.0 Å². The first-order valence-corrected chi connectivity index (χ1v) is 7.45. The molecule has 0 atom stereocenters. The van der Waals surface area contributed by atoms with Gasteiger partial charge in [-0.05, 0) is 49.2 Å². The second kappa shape index (κ2) is 6.57. The Balaban J connectivity index is 2.24. The first kappa shape index (κ1) is 15.3. The Morgan fingerprint density at radius 2 is 2.10 bits per heavy atom. The molecule has 5 heteroatoms. The molecule has 0 bridgehead atoms. The molecule has 0 fully saturated rings. The highest BCUT2D eigenvalue weighted by molar-refractivity contribution is 7.17. The molecule has 21 heavy (non-hydrogen) atoms. The van der Waals surface area contributed by atoms with E-state index >= 15 is 0 Å². The summed E-state index contributed by atoms with van der Waals surface area (Å²) in [6, 6.07) is 11.1. The van der Waals surface area contributed by atoms with Crippen molar-refractivity contribution < 1.29 is 4.79 Å². The third-order valence-electron chi connectivity index (χ3n) is 3.10. The number of nitrogens with zero attached hydrogens (tertiary/aromatic N) is 1. The van der Waals surface area contributed by atoms with Gasteiger partial charge in [-0.1, -0.05) is 23.7 Å². The minimum absolute atomic E-state index is 0.0504. The van der Waals surface area contributed by atoms with Crippen LogP contribution >= 0.6 is 22.9 Å². The fourth-order valence-corrected chi connectivity index (χ4v) is 2.78. The Kier molecular flexibility index (Phi) is 4.79. The molecule has 2 aromatic rings. The maximum atomic E-state index is 12.2. The summed E-state index contributed by atoms with van der Waals surface area (Å²) in [6.07, 6.45) is 1.54. The van der Waals surface area contributed by atoms with Crippen molar-refractivity contribution in [2.75, 3.05) is 5.32 Å². The summed E-state index contributed by atoms with van der Waals surface area (Å²) in [7, 11) is 0. The lowest BCUT2D eigenvalue weighted by Crippen LogP contribution is -2.14. The van der Waals surface area contributed by atoms with E-state index in [0.29, 0.717) is 10.0 Å². The van der Waals surface area contributed by atoms with Crippen LogP contribution in [0.1, 0.15) is 16.0 Å². The summed E-state index contributed by atoms with van der Waals surface area (Å²) in [4.78, 5) is 13.0. The number of aryl methyl sites for hydroxylation is 1. The van der Waals surface area contributed by atoms with Gasteiger partial charge in [-0.2, -0.15) is 5.26 Å². The molecule has 1 amide bonds. The van der Waals surface area contributed by atoms with Crippen LogP contribution in [0.25, 0.3) is 6.08 Å². The number of amides is 1. The predicted molar refractivity (Wildman–Crippen MR) is 87.5 cm³/mol. The molecule has 0 spiro atoms. The van der Waals surface area contributed by atoms with Gasteiger partial charge in [0.2, 0.25) is 0 Å². The average Bonchev–Trinajstić information content (AvgIpc) is 2.86. The van der Waals surface area contributed by atoms with E-state index in [-0.39, 0.29) is 5.57 Å². The van der Waals surface area contributed by atoms with Gasteiger partial charge < -0.3 is 5.32 Å². The molecular formula is C16H13ClN2OS. The van der Waals surface area contributed by atoms with Crippen LogP contribution < -0.4 is 5.32 Å². The minimum atomic E-state index is -0.421. The number of halogens is 1. The summed E-state index contributed by atoms with van der Waals surface area (Å²) >= 11 is 7.16. The van der Waals surface area contributed by atoms with E-state index in [4.69, 9.17) is 16.9 Å². The highest BCUT2D eigenvalue weighted by Crippen LogP contribution is 2.24. The number of carbonyl (C=O) groups excluding carboxylic acids is 1. The molecule has 3 nitrogen and oxygen atoms in total. The minimum Gasteiger partial charge on any atom is -0.321 e. The monoisotopic (exact) mass is 316 g/mol. The first-order valence-electron chi connectivity index (χ1n) is 6.26. The van der Waals surface area contributed by atoms with Crippen molar-refractivity contribution in [3.8, 4) is 6.07 Å². The Hall–Kier alpha value is -2.09. The molecule has 1 aromatic carbocycles. The SMILES string of the molecule is Cc1cccc(NC(=O)/C(C#N)=C\c2ccc(Cl)s2)c1C. The van der Waals surface area contributed by atoms with Crippen molar-refractivity contribution in [1.29, 1.82) is 5.26 Å². The third-order valence-corrected chi connectivity index (χ3v) is 4.28. The molecule has 1 N–H and O–H groups in total. The highest BCUT2D eigenvalue weighted by Gasteiger charge is 2.11. The number of carbonyl (C=O) groups is 1. The van der Waals surface area contributed by atoms with Gasteiger partial charge in [0.1, 0.15) is 11.6 Å². The molecule has 0 aliphatic heterocycles. The van der Waals surface area contributed by atoms with E-state index < -0.39 is 5.91 Å². The summed E-state index contributed by atoms with van der Waals surface area (Å²) in [5.41, 5.74) is 2.84. The average molecular weight is 317 g/mol. The molecule has 0 saturated heterocycles. The van der Waals surface area contributed by atoms with Crippen LogP contribution in [0, 0.1) is 25.2 Å². The third kappa shape index (κ3) is 3.72. The van der Waals surface area contributed by atoms with Gasteiger partial charge in [-0.3, -0.25) is 4.79 Å². The Labute approximate surface area is 132 Å². The van der Waals surface area contributed by atoms with Gasteiger partial charge in [-0.15, -0.1) is 11.3 Å². The quantitative estimate of drug-likeness (QED) is 0.666. The van der Waals surface area contributed by atoms with Crippen LogP contribution in [-0.4, -0.2) is 5.91 Å². The lowest BCUT2D eigenvalue weighted by atomic mass is 10.1. The van der Waals surface area contributed by atoms with Crippen molar-refractivity contribution in [2.24, 2.45) is 0 Å². The fourth-order valence-electron chi connectivity index (χ4n) is 1.77. The molecular weight excluding hydrogens is 304 g/mol. The Morgan fingerprint density at radius 3 is 2.71 bits per heavy atom. The van der Waals surface area contributed by atoms with Gasteiger partial charge in [0, 0.05) is 10.6 Å². The predicted octanol–water partition coefficient (Wildman–Crippen LogP) is 4.56. The van der Waals surface area contributed by atoms with Crippen LogP contribution in [0.3, 0.4) is 0 Å². The number of hydrogen-bond donors (Lipinski definition) is 1. The van der Waals surface area contributed by atoms with E-state index in [2.05, 4.69) is 5.32 Å². The molecule has 106 valence electrons. The number of nitriles is 1. The second-order valence-electron chi connectivity index (χ2n) is 4.51. The lowest BCUT2D eigenvalue weighted by molar-refractivity contribution is -0.112. The Bertz CT molecular complexity index is 756. The Morgan fingerprint density at radius 1 is 1.33 bits per heavy atom. The fraction of sp³-hybridized carbons (Fsp3) is 0.125. The summed E-state index contributed by atoms with van der Waals surface area (Å²) in [5.74, 6) is -0.421. The van der Waals surface area contributed by atoms with Crippen molar-refractivity contribution in [1.82, 2.24) is 0 Å². The van der Waals surface area contributed by atoms with Crippen LogP contribution in [0.2, 0.25) is 4.34 Å². The largest absolute Gasteiger partial charge is 0.321 e. The van der Waals surface area contributed by atoms with Crippen molar-refractivity contribution in [3.05, 3.63) is 56.2 Å². The molecule has 0 unspecified atom stereocenters. The van der Waals surface area contributed by atoms with E-state index in [1.165, 1.54) is 17.4 Å². The number of benzene rings is 1. The van der Waals surface area contributed by atoms with E-state index in [1.54, 1.807) is 12.1 Å². The lowest BCUT2D eigenvalue weighted by Gasteiger charge is -2.09. The maximum absolute atomic E-state index is 12.2. The number of anilines is 1. The van der Waals surface area contributed by atoms with Crippen molar-refractivity contribution in [3.63, 3.8) is 0 Å². The summed E-state index contributed by atoms with van der Waals surface area (Å²) in [5, 5.41) is 11.9. The second-order valence-corrected chi connectivity index (χ2v) is 6.26. The number of thiophene rings is 1. The van der Waals surface area contributed by atoms with Crippen LogP contribution in [0.5, 0.6) is 0 Å². The zero-order valence-corrected chi connectivity index (χ0v) is 13.2. The highest BCUT2D eigenvalue weighted by atomic mass is 35.5. The molecule has 0 saturated carbocycles. The molecule has 1 heterocycles. The van der Waals surface area contributed by atoms with Gasteiger partial charge in [0.05, 0.1) is 4.34 Å². The van der Waals surface area contributed by atoms with Crippen LogP contribution in [-0.2, 0) is 4.79 Å². The van der Waals surface area contributed by atoms with Gasteiger partial charge >= 0.3 is 0 Å².